The average molecular weight is 929 g/mol. The average Bonchev–Trinajstić information content (AvgIpc) is 3.25. The molecule has 0 rings (SSSR count). The van der Waals surface area contributed by atoms with E-state index in [4.69, 9.17) is 9.05 Å². The molecule has 0 aliphatic heterocycles. The van der Waals surface area contributed by atoms with E-state index in [0.717, 1.165) is 38.5 Å². The van der Waals surface area contributed by atoms with Crippen LogP contribution in [0.3, 0.4) is 0 Å². The van der Waals surface area contributed by atoms with E-state index in [9.17, 15) is 19.4 Å². The van der Waals surface area contributed by atoms with E-state index in [0.29, 0.717) is 23.9 Å². The van der Waals surface area contributed by atoms with Crippen molar-refractivity contribution in [1.82, 2.24) is 5.32 Å². The van der Waals surface area contributed by atoms with Crippen LogP contribution in [0.2, 0.25) is 0 Å². The lowest BCUT2D eigenvalue weighted by molar-refractivity contribution is -0.870. The van der Waals surface area contributed by atoms with Gasteiger partial charge in [0.05, 0.1) is 39.9 Å². The molecule has 2 N–H and O–H groups in total. The fraction of sp³-hybridized carbons (Fsp3) is 0.982. The Hall–Kier alpha value is -0.500. The maximum atomic E-state index is 13.0. The maximum absolute atomic E-state index is 13.0. The summed E-state index contributed by atoms with van der Waals surface area (Å²) in [6.07, 6.45) is 55.5. The second-order valence-electron chi connectivity index (χ2n) is 21.0. The van der Waals surface area contributed by atoms with E-state index in [2.05, 4.69) is 19.2 Å². The van der Waals surface area contributed by atoms with E-state index in [1.165, 1.54) is 231 Å². The van der Waals surface area contributed by atoms with Crippen molar-refractivity contribution < 1.29 is 32.9 Å². The number of nitrogens with zero attached hydrogens (tertiary/aromatic N) is 1. The largest absolute Gasteiger partial charge is 0.756 e. The molecular weight excluding hydrogens is 816 g/mol. The highest BCUT2D eigenvalue weighted by atomic mass is 31.2. The van der Waals surface area contributed by atoms with Gasteiger partial charge in [-0.1, -0.05) is 277 Å². The lowest BCUT2D eigenvalue weighted by Crippen LogP contribution is -2.46. The standard InChI is InChI=1S/C55H113N2O6P/c1-6-8-10-12-14-16-18-20-22-24-26-27-28-29-31-32-34-36-38-40-42-44-46-48-54(58)53(52-63-64(60,61)62-51-50-57(3,4)5)56-55(59)49-47-45-43-41-39-37-35-33-30-25-23-21-19-17-15-13-11-9-7-2/h53-54,58H,6-52H2,1-5H3,(H-,56,59,60,61). The molecule has 0 aromatic carbocycles. The third-order valence-electron chi connectivity index (χ3n) is 13.3. The predicted octanol–water partition coefficient (Wildman–Crippen LogP) is 16.2. The first kappa shape index (κ1) is 63.5. The Labute approximate surface area is 399 Å². The molecule has 0 fully saturated rings. The number of carbonyl (C=O) groups is 1. The van der Waals surface area contributed by atoms with Gasteiger partial charge in [-0.05, 0) is 12.8 Å². The molecule has 0 bridgehead atoms. The summed E-state index contributed by atoms with van der Waals surface area (Å²) in [7, 11) is 1.32. The van der Waals surface area contributed by atoms with Crippen molar-refractivity contribution in [3.63, 3.8) is 0 Å². The van der Waals surface area contributed by atoms with Crippen LogP contribution in [0.25, 0.3) is 0 Å². The highest BCUT2D eigenvalue weighted by Gasteiger charge is 2.24. The number of phosphoric acid groups is 1. The Bertz CT molecular complexity index is 1010. The third kappa shape index (κ3) is 49.4. The van der Waals surface area contributed by atoms with Crippen LogP contribution in [0.5, 0.6) is 0 Å². The van der Waals surface area contributed by atoms with Crippen molar-refractivity contribution >= 4 is 13.7 Å². The van der Waals surface area contributed by atoms with Crippen LogP contribution in [0.15, 0.2) is 0 Å². The molecule has 0 spiro atoms. The molecule has 0 aromatic rings. The zero-order valence-electron chi connectivity index (χ0n) is 43.8. The molecular formula is C55H113N2O6P. The van der Waals surface area contributed by atoms with Gasteiger partial charge in [0.15, 0.2) is 0 Å². The lowest BCUT2D eigenvalue weighted by atomic mass is 10.0. The smallest absolute Gasteiger partial charge is 0.268 e. The molecule has 64 heavy (non-hydrogen) atoms. The van der Waals surface area contributed by atoms with Gasteiger partial charge < -0.3 is 28.8 Å². The summed E-state index contributed by atoms with van der Waals surface area (Å²) >= 11 is 0. The fourth-order valence-electron chi connectivity index (χ4n) is 8.87. The first-order valence-corrected chi connectivity index (χ1v) is 29.8. The first-order chi connectivity index (χ1) is 31.0. The van der Waals surface area contributed by atoms with Gasteiger partial charge >= 0.3 is 0 Å². The Morgan fingerprint density at radius 1 is 0.484 bits per heavy atom. The molecule has 0 aliphatic rings. The van der Waals surface area contributed by atoms with E-state index in [-0.39, 0.29) is 19.1 Å². The summed E-state index contributed by atoms with van der Waals surface area (Å²) in [6, 6.07) is -0.795. The van der Waals surface area contributed by atoms with Crippen molar-refractivity contribution in [2.75, 3.05) is 40.9 Å². The predicted molar refractivity (Wildman–Crippen MR) is 275 cm³/mol. The molecule has 3 unspecified atom stereocenters. The number of rotatable bonds is 53. The van der Waals surface area contributed by atoms with Gasteiger partial charge in [0.2, 0.25) is 5.91 Å². The van der Waals surface area contributed by atoms with Crippen molar-refractivity contribution in [3.05, 3.63) is 0 Å². The summed E-state index contributed by atoms with van der Waals surface area (Å²) in [4.78, 5) is 25.5. The van der Waals surface area contributed by atoms with E-state index < -0.39 is 20.0 Å². The summed E-state index contributed by atoms with van der Waals surface area (Å²) in [5, 5.41) is 14.0. The number of aliphatic hydroxyl groups excluding tert-OH is 1. The number of phosphoric ester groups is 1. The number of hydrogen-bond acceptors (Lipinski definition) is 6. The van der Waals surface area contributed by atoms with Crippen molar-refractivity contribution in [2.45, 2.75) is 309 Å². The fourth-order valence-corrected chi connectivity index (χ4v) is 9.59. The van der Waals surface area contributed by atoms with Gasteiger partial charge in [-0.3, -0.25) is 9.36 Å². The van der Waals surface area contributed by atoms with Gasteiger partial charge in [-0.25, -0.2) is 0 Å². The normalized spacial score (nSPS) is 13.9. The lowest BCUT2D eigenvalue weighted by Gasteiger charge is -2.30. The Morgan fingerprint density at radius 3 is 1.06 bits per heavy atom. The molecule has 9 heteroatoms. The number of hydrogen-bond donors (Lipinski definition) is 2. The summed E-state index contributed by atoms with van der Waals surface area (Å²) in [6.45, 7) is 4.78. The monoisotopic (exact) mass is 929 g/mol. The van der Waals surface area contributed by atoms with Crippen LogP contribution in [0.1, 0.15) is 296 Å². The highest BCUT2D eigenvalue weighted by molar-refractivity contribution is 7.45. The van der Waals surface area contributed by atoms with Crippen molar-refractivity contribution in [1.29, 1.82) is 0 Å². The van der Waals surface area contributed by atoms with Gasteiger partial charge in [0, 0.05) is 6.42 Å². The SMILES string of the molecule is CCCCCCCCCCCCCCCCCCCCCCCCCC(O)C(COP(=O)([O-])OCC[N+](C)(C)C)NC(=O)CCCCCCCCCCCCCCCCCCCCC. The minimum atomic E-state index is -4.57. The first-order valence-electron chi connectivity index (χ1n) is 28.4. The van der Waals surface area contributed by atoms with E-state index in [1.807, 2.05) is 21.1 Å². The molecule has 0 aromatic heterocycles. The van der Waals surface area contributed by atoms with Gasteiger partial charge in [0.1, 0.15) is 13.2 Å². The molecule has 8 nitrogen and oxygen atoms in total. The van der Waals surface area contributed by atoms with Crippen LogP contribution in [0.4, 0.5) is 0 Å². The van der Waals surface area contributed by atoms with Gasteiger partial charge in [0.25, 0.3) is 7.82 Å². The molecule has 0 saturated heterocycles. The highest BCUT2D eigenvalue weighted by Crippen LogP contribution is 2.38. The Kier molecular flexibility index (Phi) is 47.2. The van der Waals surface area contributed by atoms with E-state index >= 15 is 0 Å². The summed E-state index contributed by atoms with van der Waals surface area (Å²) in [5.74, 6) is -0.157. The molecule has 3 atom stereocenters. The van der Waals surface area contributed by atoms with Gasteiger partial charge in [-0.15, -0.1) is 0 Å². The number of likely N-dealkylation sites (N-methyl/N-ethyl adjacent to an activating group) is 1. The molecule has 0 aliphatic carbocycles. The number of unbranched alkanes of at least 4 members (excludes halogenated alkanes) is 40. The van der Waals surface area contributed by atoms with Crippen LogP contribution < -0.4 is 10.2 Å². The van der Waals surface area contributed by atoms with Crippen molar-refractivity contribution in [2.24, 2.45) is 0 Å². The number of amides is 1. The second-order valence-corrected chi connectivity index (χ2v) is 22.4. The van der Waals surface area contributed by atoms with Crippen LogP contribution >= 0.6 is 7.82 Å². The number of nitrogens with one attached hydrogen (secondary N) is 1. The number of aliphatic hydroxyl groups is 1. The van der Waals surface area contributed by atoms with E-state index in [1.54, 1.807) is 0 Å². The number of quaternary nitrogens is 1. The Morgan fingerprint density at radius 2 is 0.766 bits per heavy atom. The maximum Gasteiger partial charge on any atom is 0.268 e. The van der Waals surface area contributed by atoms with Crippen LogP contribution in [-0.4, -0.2) is 68.5 Å². The summed E-state index contributed by atoms with van der Waals surface area (Å²) in [5.41, 5.74) is 0. The number of carbonyl (C=O) groups excluding carboxylic acids is 1. The topological polar surface area (TPSA) is 108 Å². The molecule has 1 amide bonds. The zero-order valence-corrected chi connectivity index (χ0v) is 44.7. The molecule has 0 heterocycles. The molecule has 0 radical (unpaired) electrons. The quantitative estimate of drug-likeness (QED) is 0.0357. The van der Waals surface area contributed by atoms with Crippen molar-refractivity contribution in [3.8, 4) is 0 Å². The third-order valence-corrected chi connectivity index (χ3v) is 14.3. The second kappa shape index (κ2) is 47.6. The molecule has 384 valence electrons. The van der Waals surface area contributed by atoms with Gasteiger partial charge in [-0.2, -0.15) is 0 Å². The Balaban J connectivity index is 4.14. The van der Waals surface area contributed by atoms with Crippen LogP contribution in [0, 0.1) is 0 Å². The molecule has 0 saturated carbocycles. The minimum Gasteiger partial charge on any atom is -0.756 e. The minimum absolute atomic E-state index is 0.0166. The van der Waals surface area contributed by atoms with Crippen LogP contribution in [-0.2, 0) is 18.4 Å². The summed E-state index contributed by atoms with van der Waals surface area (Å²) < 4.78 is 23.4. The zero-order chi connectivity index (χ0) is 47.1.